The highest BCUT2D eigenvalue weighted by Crippen LogP contribution is 2.20. The molecule has 0 radical (unpaired) electrons. The van der Waals surface area contributed by atoms with Gasteiger partial charge in [-0.3, -0.25) is 4.99 Å². The minimum absolute atomic E-state index is 0. The molecule has 0 amide bonds. The highest BCUT2D eigenvalue weighted by molar-refractivity contribution is 14.0. The number of hydrogen-bond donors (Lipinski definition) is 3. The van der Waals surface area contributed by atoms with Gasteiger partial charge in [-0.25, -0.2) is 9.37 Å². The van der Waals surface area contributed by atoms with Crippen LogP contribution in [0.5, 0.6) is 0 Å². The SMILES string of the molecule is CCNC(=NCC(O)Cc1ccccc1)NC1CCN(c2ncccc2F)C1.I. The van der Waals surface area contributed by atoms with Crippen molar-refractivity contribution in [2.75, 3.05) is 31.1 Å². The lowest BCUT2D eigenvalue weighted by Gasteiger charge is -2.20. The lowest BCUT2D eigenvalue weighted by atomic mass is 10.1. The van der Waals surface area contributed by atoms with E-state index in [-0.39, 0.29) is 35.8 Å². The Hall–Kier alpha value is -1.94. The molecule has 0 saturated carbocycles. The number of benzene rings is 1. The molecule has 1 aliphatic rings. The summed E-state index contributed by atoms with van der Waals surface area (Å²) in [5, 5.41) is 16.9. The molecule has 2 unspecified atom stereocenters. The van der Waals surface area contributed by atoms with Crippen molar-refractivity contribution in [2.45, 2.75) is 31.9 Å². The van der Waals surface area contributed by atoms with E-state index in [4.69, 9.17) is 0 Å². The number of guanidine groups is 1. The van der Waals surface area contributed by atoms with Crippen molar-refractivity contribution in [1.82, 2.24) is 15.6 Å². The van der Waals surface area contributed by atoms with Gasteiger partial charge in [0.25, 0.3) is 0 Å². The Morgan fingerprint density at radius 1 is 1.31 bits per heavy atom. The highest BCUT2D eigenvalue weighted by Gasteiger charge is 2.26. The number of rotatable bonds is 7. The maximum atomic E-state index is 14.0. The zero-order valence-electron chi connectivity index (χ0n) is 16.6. The Morgan fingerprint density at radius 2 is 2.10 bits per heavy atom. The van der Waals surface area contributed by atoms with Crippen LogP contribution in [0.2, 0.25) is 0 Å². The number of nitrogens with one attached hydrogen (secondary N) is 2. The van der Waals surface area contributed by atoms with Crippen LogP contribution in [-0.4, -0.2) is 54.4 Å². The van der Waals surface area contributed by atoms with Gasteiger partial charge in [-0.2, -0.15) is 0 Å². The zero-order valence-corrected chi connectivity index (χ0v) is 18.9. The summed E-state index contributed by atoms with van der Waals surface area (Å²) in [5.41, 5.74) is 1.09. The fourth-order valence-electron chi connectivity index (χ4n) is 3.34. The Bertz CT molecular complexity index is 777. The minimum atomic E-state index is -0.541. The predicted octanol–water partition coefficient (Wildman–Crippen LogP) is 2.58. The summed E-state index contributed by atoms with van der Waals surface area (Å²) >= 11 is 0. The molecule has 1 aliphatic heterocycles. The first kappa shape index (κ1) is 23.3. The van der Waals surface area contributed by atoms with Crippen LogP contribution in [0.1, 0.15) is 18.9 Å². The number of nitrogens with zero attached hydrogens (tertiary/aromatic N) is 3. The van der Waals surface area contributed by atoms with E-state index in [1.165, 1.54) is 6.07 Å². The summed E-state index contributed by atoms with van der Waals surface area (Å²) in [7, 11) is 0. The average Bonchev–Trinajstić information content (AvgIpc) is 3.16. The molecule has 6 nitrogen and oxygen atoms in total. The number of aliphatic hydroxyl groups excluding tert-OH is 1. The molecular formula is C21H29FIN5O. The standard InChI is InChI=1S/C21H28FN5O.HI/c1-2-23-21(25-14-18(28)13-16-7-4-3-5-8-16)26-17-10-12-27(15-17)20-19(22)9-6-11-24-20;/h3-9,11,17-18,28H,2,10,12-15H2,1H3,(H2,23,25,26);1H. The minimum Gasteiger partial charge on any atom is -0.391 e. The normalized spacial score (nSPS) is 17.6. The number of pyridine rings is 1. The van der Waals surface area contributed by atoms with Crippen LogP contribution in [0.3, 0.4) is 0 Å². The Balaban J connectivity index is 0.00000300. The molecule has 8 heteroatoms. The molecule has 0 aliphatic carbocycles. The van der Waals surface area contributed by atoms with Crippen molar-refractivity contribution in [1.29, 1.82) is 0 Å². The van der Waals surface area contributed by atoms with Crippen LogP contribution >= 0.6 is 24.0 Å². The fourth-order valence-corrected chi connectivity index (χ4v) is 3.34. The van der Waals surface area contributed by atoms with Gasteiger partial charge < -0.3 is 20.6 Å². The molecule has 2 aromatic rings. The van der Waals surface area contributed by atoms with Crippen molar-refractivity contribution in [3.8, 4) is 0 Å². The van der Waals surface area contributed by atoms with E-state index in [0.717, 1.165) is 25.1 Å². The van der Waals surface area contributed by atoms with Gasteiger partial charge in [0.2, 0.25) is 0 Å². The molecule has 2 atom stereocenters. The van der Waals surface area contributed by atoms with E-state index in [1.54, 1.807) is 12.3 Å². The molecule has 3 rings (SSSR count). The van der Waals surface area contributed by atoms with E-state index in [0.29, 0.717) is 31.3 Å². The first-order valence-corrected chi connectivity index (χ1v) is 9.78. The largest absolute Gasteiger partial charge is 0.391 e. The lowest BCUT2D eigenvalue weighted by molar-refractivity contribution is 0.183. The van der Waals surface area contributed by atoms with Gasteiger partial charge in [0, 0.05) is 38.3 Å². The Labute approximate surface area is 188 Å². The van der Waals surface area contributed by atoms with Crippen LogP contribution in [0, 0.1) is 5.82 Å². The summed E-state index contributed by atoms with van der Waals surface area (Å²) in [5.74, 6) is 0.766. The molecule has 29 heavy (non-hydrogen) atoms. The van der Waals surface area contributed by atoms with Gasteiger partial charge >= 0.3 is 0 Å². The molecule has 0 bridgehead atoms. The van der Waals surface area contributed by atoms with Gasteiger partial charge in [-0.05, 0) is 31.0 Å². The number of aliphatic hydroxyl groups is 1. The second-order valence-electron chi connectivity index (χ2n) is 6.95. The van der Waals surface area contributed by atoms with Crippen molar-refractivity contribution < 1.29 is 9.50 Å². The van der Waals surface area contributed by atoms with Gasteiger partial charge in [-0.15, -0.1) is 24.0 Å². The van der Waals surface area contributed by atoms with E-state index in [1.807, 2.05) is 42.2 Å². The molecule has 1 aromatic carbocycles. The number of halogens is 2. The number of hydrogen-bond acceptors (Lipinski definition) is 4. The smallest absolute Gasteiger partial charge is 0.191 e. The monoisotopic (exact) mass is 513 g/mol. The van der Waals surface area contributed by atoms with Gasteiger partial charge in [0.1, 0.15) is 0 Å². The molecule has 1 fully saturated rings. The zero-order chi connectivity index (χ0) is 19.8. The number of anilines is 1. The first-order chi connectivity index (χ1) is 13.7. The lowest BCUT2D eigenvalue weighted by Crippen LogP contribution is -2.45. The van der Waals surface area contributed by atoms with E-state index in [9.17, 15) is 9.50 Å². The van der Waals surface area contributed by atoms with Crippen molar-refractivity contribution in [2.24, 2.45) is 4.99 Å². The summed E-state index contributed by atoms with van der Waals surface area (Å²) in [4.78, 5) is 10.6. The average molecular weight is 513 g/mol. The molecule has 158 valence electrons. The second kappa shape index (κ2) is 11.9. The van der Waals surface area contributed by atoms with Crippen LogP contribution < -0.4 is 15.5 Å². The molecule has 3 N–H and O–H groups in total. The van der Waals surface area contributed by atoms with Crippen LogP contribution in [0.4, 0.5) is 10.2 Å². The third-order valence-corrected chi connectivity index (χ3v) is 4.69. The van der Waals surface area contributed by atoms with Gasteiger partial charge in [-0.1, -0.05) is 30.3 Å². The molecule has 0 spiro atoms. The van der Waals surface area contributed by atoms with Crippen LogP contribution in [0.25, 0.3) is 0 Å². The van der Waals surface area contributed by atoms with E-state index in [2.05, 4.69) is 20.6 Å². The summed E-state index contributed by atoms with van der Waals surface area (Å²) < 4.78 is 14.0. The summed E-state index contributed by atoms with van der Waals surface area (Å²) in [6.07, 6.45) is 2.51. The predicted molar refractivity (Wildman–Crippen MR) is 125 cm³/mol. The number of aliphatic imine (C=N–C) groups is 1. The Kier molecular flexibility index (Phi) is 9.59. The van der Waals surface area contributed by atoms with Crippen molar-refractivity contribution in [3.05, 3.63) is 60.0 Å². The van der Waals surface area contributed by atoms with Crippen LogP contribution in [-0.2, 0) is 6.42 Å². The quantitative estimate of drug-likeness (QED) is 0.302. The maximum Gasteiger partial charge on any atom is 0.191 e. The third kappa shape index (κ3) is 7.11. The Morgan fingerprint density at radius 3 is 2.83 bits per heavy atom. The number of aromatic nitrogens is 1. The molecule has 1 saturated heterocycles. The maximum absolute atomic E-state index is 14.0. The van der Waals surface area contributed by atoms with E-state index < -0.39 is 6.10 Å². The fraction of sp³-hybridized carbons (Fsp3) is 0.429. The van der Waals surface area contributed by atoms with Gasteiger partial charge in [0.05, 0.1) is 12.6 Å². The summed E-state index contributed by atoms with van der Waals surface area (Å²) in [6.45, 7) is 4.44. The first-order valence-electron chi connectivity index (χ1n) is 9.78. The van der Waals surface area contributed by atoms with Gasteiger partial charge in [0.15, 0.2) is 17.6 Å². The van der Waals surface area contributed by atoms with Crippen LogP contribution in [0.15, 0.2) is 53.7 Å². The molecular weight excluding hydrogens is 484 g/mol. The van der Waals surface area contributed by atoms with Crippen molar-refractivity contribution >= 4 is 35.8 Å². The second-order valence-corrected chi connectivity index (χ2v) is 6.95. The highest BCUT2D eigenvalue weighted by atomic mass is 127. The molecule has 2 heterocycles. The van der Waals surface area contributed by atoms with E-state index >= 15 is 0 Å². The third-order valence-electron chi connectivity index (χ3n) is 4.69. The van der Waals surface area contributed by atoms with Crippen molar-refractivity contribution in [3.63, 3.8) is 0 Å². The molecule has 1 aromatic heterocycles. The topological polar surface area (TPSA) is 72.8 Å². The summed E-state index contributed by atoms with van der Waals surface area (Å²) in [6, 6.07) is 13.1.